The van der Waals surface area contributed by atoms with Crippen molar-refractivity contribution in [1.29, 1.82) is 0 Å². The van der Waals surface area contributed by atoms with Gasteiger partial charge < -0.3 is 15.5 Å². The molecule has 0 atom stereocenters. The van der Waals surface area contributed by atoms with Crippen molar-refractivity contribution in [2.75, 3.05) is 36.8 Å². The number of fused-ring (bicyclic) bond motifs is 2. The highest BCUT2D eigenvalue weighted by molar-refractivity contribution is 7.21. The van der Waals surface area contributed by atoms with Crippen molar-refractivity contribution in [2.24, 2.45) is 0 Å². The summed E-state index contributed by atoms with van der Waals surface area (Å²) in [4.78, 5) is 23.2. The third-order valence-electron chi connectivity index (χ3n) is 5.95. The Hall–Kier alpha value is -2.67. The van der Waals surface area contributed by atoms with Crippen LogP contribution in [0.25, 0.3) is 10.2 Å². The third kappa shape index (κ3) is 3.23. The number of benzene rings is 1. The number of halogens is 1. The first kappa shape index (κ1) is 18.4. The van der Waals surface area contributed by atoms with E-state index in [1.807, 2.05) is 15.9 Å². The normalized spacial score (nSPS) is 16.9. The van der Waals surface area contributed by atoms with E-state index < -0.39 is 0 Å². The molecular weight excluding hydrogens is 387 g/mol. The lowest BCUT2D eigenvalue weighted by atomic mass is 9.95. The Kier molecular flexibility index (Phi) is 4.62. The van der Waals surface area contributed by atoms with Gasteiger partial charge in [0.05, 0.1) is 11.4 Å². The van der Waals surface area contributed by atoms with Crippen LogP contribution in [0.4, 0.5) is 15.8 Å². The van der Waals surface area contributed by atoms with Crippen molar-refractivity contribution in [3.63, 3.8) is 0 Å². The topological polar surface area (TPSA) is 62.5 Å². The molecule has 2 N–H and O–H groups in total. The minimum atomic E-state index is -0.226. The first-order chi connectivity index (χ1) is 14.1. The first-order valence-corrected chi connectivity index (χ1v) is 10.9. The standard InChI is InChI=1S/C22H23FN4OS/c23-16-6-2-4-8-18(16)26-9-11-27(12-10-26)22(28)20-19(24)15-13-14-5-1-3-7-17(14)25-21(15)29-20/h2,4,6,8,13H,1,3,5,7,9-12,24H2. The molecule has 0 radical (unpaired) electrons. The summed E-state index contributed by atoms with van der Waals surface area (Å²) in [6, 6.07) is 8.91. The zero-order valence-electron chi connectivity index (χ0n) is 16.2. The zero-order chi connectivity index (χ0) is 20.0. The molecule has 1 aliphatic carbocycles. The Bertz CT molecular complexity index is 1090. The number of para-hydroxylation sites is 1. The number of aromatic nitrogens is 1. The average molecular weight is 411 g/mol. The fourth-order valence-corrected chi connectivity index (χ4v) is 5.38. The maximum absolute atomic E-state index is 14.0. The van der Waals surface area contributed by atoms with Crippen molar-refractivity contribution in [3.05, 3.63) is 52.3 Å². The van der Waals surface area contributed by atoms with Gasteiger partial charge in [0.1, 0.15) is 15.5 Å². The van der Waals surface area contributed by atoms with Crippen LogP contribution in [-0.4, -0.2) is 42.0 Å². The molecule has 2 aromatic heterocycles. The van der Waals surface area contributed by atoms with Gasteiger partial charge in [0, 0.05) is 37.3 Å². The molecule has 1 fully saturated rings. The van der Waals surface area contributed by atoms with Crippen LogP contribution in [-0.2, 0) is 12.8 Å². The molecule has 1 aliphatic heterocycles. The molecule has 29 heavy (non-hydrogen) atoms. The van der Waals surface area contributed by atoms with E-state index in [1.165, 1.54) is 35.8 Å². The van der Waals surface area contributed by atoms with Crippen LogP contribution >= 0.6 is 11.3 Å². The third-order valence-corrected chi connectivity index (χ3v) is 7.06. The Morgan fingerprint density at radius 1 is 1.10 bits per heavy atom. The largest absolute Gasteiger partial charge is 0.397 e. The molecule has 7 heteroatoms. The molecule has 5 nitrogen and oxygen atoms in total. The number of anilines is 2. The van der Waals surface area contributed by atoms with Crippen LogP contribution in [0.5, 0.6) is 0 Å². The van der Waals surface area contributed by atoms with Crippen LogP contribution in [0, 0.1) is 5.82 Å². The molecule has 2 aliphatic rings. The second-order valence-corrected chi connectivity index (χ2v) is 8.73. The summed E-state index contributed by atoms with van der Waals surface area (Å²) in [6.07, 6.45) is 4.39. The fraction of sp³-hybridized carbons (Fsp3) is 0.364. The molecule has 0 unspecified atom stereocenters. The van der Waals surface area contributed by atoms with Gasteiger partial charge >= 0.3 is 0 Å². The highest BCUT2D eigenvalue weighted by Crippen LogP contribution is 2.36. The van der Waals surface area contributed by atoms with E-state index in [4.69, 9.17) is 10.7 Å². The van der Waals surface area contributed by atoms with Gasteiger partial charge in [-0.05, 0) is 49.4 Å². The van der Waals surface area contributed by atoms with E-state index in [2.05, 4.69) is 6.07 Å². The van der Waals surface area contributed by atoms with Crippen LogP contribution in [0.3, 0.4) is 0 Å². The summed E-state index contributed by atoms with van der Waals surface area (Å²) in [6.45, 7) is 2.30. The lowest BCUT2D eigenvalue weighted by Gasteiger charge is -2.36. The van der Waals surface area contributed by atoms with Gasteiger partial charge in [-0.1, -0.05) is 12.1 Å². The predicted octanol–water partition coefficient (Wildman–Crippen LogP) is 3.86. The minimum absolute atomic E-state index is 0.0448. The van der Waals surface area contributed by atoms with Gasteiger partial charge in [0.2, 0.25) is 0 Å². The summed E-state index contributed by atoms with van der Waals surface area (Å²) < 4.78 is 14.0. The fourth-order valence-electron chi connectivity index (χ4n) is 4.32. The number of pyridine rings is 1. The van der Waals surface area contributed by atoms with E-state index in [-0.39, 0.29) is 11.7 Å². The molecule has 0 bridgehead atoms. The number of rotatable bonds is 2. The number of nitrogen functional groups attached to an aromatic ring is 1. The molecular formula is C22H23FN4OS. The van der Waals surface area contributed by atoms with Crippen molar-refractivity contribution >= 4 is 38.8 Å². The van der Waals surface area contributed by atoms with E-state index in [1.54, 1.807) is 12.1 Å². The number of hydrogen-bond donors (Lipinski definition) is 1. The Morgan fingerprint density at radius 3 is 2.66 bits per heavy atom. The second kappa shape index (κ2) is 7.30. The minimum Gasteiger partial charge on any atom is -0.397 e. The van der Waals surface area contributed by atoms with Gasteiger partial charge in [0.15, 0.2) is 0 Å². The summed E-state index contributed by atoms with van der Waals surface area (Å²) in [5, 5.41) is 0.906. The van der Waals surface area contributed by atoms with Crippen LogP contribution in [0.1, 0.15) is 33.8 Å². The molecule has 3 aromatic rings. The molecule has 0 saturated carbocycles. The predicted molar refractivity (Wildman–Crippen MR) is 115 cm³/mol. The van der Waals surface area contributed by atoms with Crippen LogP contribution < -0.4 is 10.6 Å². The van der Waals surface area contributed by atoms with Crippen molar-refractivity contribution in [3.8, 4) is 0 Å². The molecule has 0 spiro atoms. The van der Waals surface area contributed by atoms with E-state index >= 15 is 0 Å². The number of carbonyl (C=O) groups is 1. The maximum Gasteiger partial charge on any atom is 0.266 e. The number of amides is 1. The highest BCUT2D eigenvalue weighted by Gasteiger charge is 2.27. The van der Waals surface area contributed by atoms with Crippen molar-refractivity contribution in [1.82, 2.24) is 9.88 Å². The Morgan fingerprint density at radius 2 is 1.86 bits per heavy atom. The molecule has 150 valence electrons. The van der Waals surface area contributed by atoms with Crippen molar-refractivity contribution in [2.45, 2.75) is 25.7 Å². The van der Waals surface area contributed by atoms with Crippen LogP contribution in [0.2, 0.25) is 0 Å². The summed E-state index contributed by atoms with van der Waals surface area (Å²) >= 11 is 1.40. The smallest absolute Gasteiger partial charge is 0.266 e. The zero-order valence-corrected chi connectivity index (χ0v) is 17.0. The number of carbonyl (C=O) groups excluding carboxylic acids is 1. The maximum atomic E-state index is 14.0. The lowest BCUT2D eigenvalue weighted by molar-refractivity contribution is 0.0752. The number of nitrogens with two attached hydrogens (primary N) is 1. The average Bonchev–Trinajstić information content (AvgIpc) is 3.08. The molecule has 5 rings (SSSR count). The summed E-state index contributed by atoms with van der Waals surface area (Å²) in [5.41, 5.74) is 9.95. The van der Waals surface area contributed by atoms with Gasteiger partial charge in [-0.2, -0.15) is 0 Å². The number of piperazine rings is 1. The summed E-state index contributed by atoms with van der Waals surface area (Å²) in [7, 11) is 0. The SMILES string of the molecule is Nc1c(C(=O)N2CCN(c3ccccc3F)CC2)sc2nc3c(cc12)CCCC3. The van der Waals surface area contributed by atoms with Gasteiger partial charge in [0.25, 0.3) is 5.91 Å². The number of aryl methyl sites for hydroxylation is 2. The number of thiophene rings is 1. The quantitative estimate of drug-likeness (QED) is 0.697. The molecule has 1 aromatic carbocycles. The molecule has 3 heterocycles. The van der Waals surface area contributed by atoms with Gasteiger partial charge in [-0.15, -0.1) is 11.3 Å². The van der Waals surface area contributed by atoms with Crippen molar-refractivity contribution < 1.29 is 9.18 Å². The molecule has 1 saturated heterocycles. The first-order valence-electron chi connectivity index (χ1n) is 10.1. The van der Waals surface area contributed by atoms with E-state index in [0.717, 1.165) is 28.8 Å². The van der Waals surface area contributed by atoms with Crippen LogP contribution in [0.15, 0.2) is 30.3 Å². The number of nitrogens with zero attached hydrogens (tertiary/aromatic N) is 3. The van der Waals surface area contributed by atoms with Gasteiger partial charge in [-0.3, -0.25) is 4.79 Å². The Labute approximate surface area is 172 Å². The van der Waals surface area contributed by atoms with E-state index in [9.17, 15) is 9.18 Å². The van der Waals surface area contributed by atoms with E-state index in [0.29, 0.717) is 42.4 Å². The Balaban J connectivity index is 1.36. The molecule has 1 amide bonds. The highest BCUT2D eigenvalue weighted by atomic mass is 32.1. The van der Waals surface area contributed by atoms with Gasteiger partial charge in [-0.25, -0.2) is 9.37 Å². The second-order valence-electron chi connectivity index (χ2n) is 7.73. The lowest BCUT2D eigenvalue weighted by Crippen LogP contribution is -2.49. The monoisotopic (exact) mass is 410 g/mol. The number of hydrogen-bond acceptors (Lipinski definition) is 5. The summed E-state index contributed by atoms with van der Waals surface area (Å²) in [5.74, 6) is -0.271.